The van der Waals surface area contributed by atoms with E-state index in [0.29, 0.717) is 0 Å². The van der Waals surface area contributed by atoms with Crippen molar-refractivity contribution in [3.8, 4) is 0 Å². The van der Waals surface area contributed by atoms with Crippen molar-refractivity contribution in [1.29, 1.82) is 0 Å². The van der Waals surface area contributed by atoms with Crippen LogP contribution in [-0.2, 0) is 53.5 Å². The highest BCUT2D eigenvalue weighted by molar-refractivity contribution is 7.00. The van der Waals surface area contributed by atoms with E-state index in [1.54, 1.807) is 0 Å². The van der Waals surface area contributed by atoms with Crippen LogP contribution in [-0.4, -0.2) is 107 Å². The molecule has 6 bridgehead atoms. The predicted octanol–water partition coefficient (Wildman–Crippen LogP) is 4.47. The summed E-state index contributed by atoms with van der Waals surface area (Å²) in [7, 11) is -46.1. The second-order valence-corrected chi connectivity index (χ2v) is 41.8. The minimum absolute atomic E-state index is 0.202. The van der Waals surface area contributed by atoms with E-state index in [2.05, 4.69) is 65.8 Å². The number of hydrogen-bond acceptors (Lipinski definition) is 17. The van der Waals surface area contributed by atoms with Crippen LogP contribution in [0.3, 0.4) is 0 Å². The first kappa shape index (κ1) is 48.6. The summed E-state index contributed by atoms with van der Waals surface area (Å²) in [4.78, 5) is 48.6. The third kappa shape index (κ3) is 11.2. The normalized spacial score (nSPS) is 43.2. The molecule has 4 heterocycles. The Morgan fingerprint density at radius 3 is 0.509 bits per heavy atom. The van der Waals surface area contributed by atoms with Crippen molar-refractivity contribution in [1.82, 2.24) is 0 Å². The minimum Gasteiger partial charge on any atom is -0.390 e. The lowest BCUT2D eigenvalue weighted by atomic mass is 10.8. The van der Waals surface area contributed by atoms with E-state index in [4.69, 9.17) is 53.5 Å². The summed E-state index contributed by atoms with van der Waals surface area (Å²) in [6, 6.07) is -2.28. The van der Waals surface area contributed by atoms with Gasteiger partial charge in [0, 0.05) is 60.4 Å². The SMILES string of the molecule is C=CC[Si]1(O)O[Si](O)(CC=C)O[Si]2(CC=C)O[Si](CC=C)(O1)O[Si]1(CC=C)O[Si]3(CC=C)O[Si](O)(CC=C)O[Si](O)(CC=C)O[Si](CC=C)(O3)O[Si](CC=C)(O2)O1. The zero-order valence-electron chi connectivity index (χ0n) is 32.0. The Balaban J connectivity index is 2.19. The monoisotopic (exact) mass is 966 g/mol. The maximum absolute atomic E-state index is 12.2. The average Bonchev–Trinajstić information content (AvgIpc) is 3.02. The number of fused-ring (bicyclic) bond motifs is 6. The molecule has 8 unspecified atom stereocenters. The highest BCUT2D eigenvalue weighted by Crippen LogP contribution is 2.49. The standard InChI is InChI=1S/C30H54O17Si10/c1-11-21-48(31)35-49(32,22-12-2)38-53(26-16-6)41-52(37-48,25-15-5)43-56(29-19-9)45-54(27-17-7)39-50(33,23-13-3)36-51(34,24-14-4)40-55(42-54,28-18-8)46-57(44-53,47-56)30-20-10/h11-20,31-34H,1-10,21-30H2. The maximum Gasteiger partial charge on any atom is 0.487 e. The van der Waals surface area contributed by atoms with E-state index in [0.717, 1.165) is 0 Å². The van der Waals surface area contributed by atoms with Gasteiger partial charge < -0.3 is 72.7 Å². The molecule has 316 valence electrons. The molecule has 4 N–H and O–H groups in total. The van der Waals surface area contributed by atoms with Gasteiger partial charge in [-0.1, -0.05) is 60.8 Å². The van der Waals surface area contributed by atoms with Crippen molar-refractivity contribution in [3.63, 3.8) is 0 Å². The van der Waals surface area contributed by atoms with Crippen molar-refractivity contribution in [2.45, 2.75) is 60.4 Å². The van der Waals surface area contributed by atoms with Gasteiger partial charge in [-0.15, -0.1) is 65.8 Å². The molecule has 0 amide bonds. The fourth-order valence-corrected chi connectivity index (χ4v) is 55.7. The maximum atomic E-state index is 12.2. The summed E-state index contributed by atoms with van der Waals surface area (Å²) in [5.74, 6) is 0. The molecule has 0 aliphatic carbocycles. The molecule has 0 aromatic carbocycles. The van der Waals surface area contributed by atoms with Gasteiger partial charge in [0.15, 0.2) is 0 Å². The van der Waals surface area contributed by atoms with Gasteiger partial charge >= 0.3 is 88.0 Å². The minimum atomic E-state index is -4.67. The molecule has 4 aliphatic rings. The average molecular weight is 968 g/mol. The lowest BCUT2D eigenvalue weighted by Gasteiger charge is -2.57. The molecule has 4 rings (SSSR count). The topological polar surface area (TPSA) is 201 Å². The molecule has 4 saturated heterocycles. The summed E-state index contributed by atoms with van der Waals surface area (Å²) in [6.07, 6.45) is 14.2. The van der Waals surface area contributed by atoms with Crippen LogP contribution in [0.2, 0.25) is 60.4 Å². The smallest absolute Gasteiger partial charge is 0.390 e. The zero-order valence-corrected chi connectivity index (χ0v) is 42.0. The first-order valence-electron chi connectivity index (χ1n) is 17.9. The van der Waals surface area contributed by atoms with Crippen LogP contribution in [0.4, 0.5) is 0 Å². The molecule has 17 nitrogen and oxygen atoms in total. The fourth-order valence-electron chi connectivity index (χ4n) is 6.46. The van der Waals surface area contributed by atoms with Crippen LogP contribution in [0.25, 0.3) is 0 Å². The van der Waals surface area contributed by atoms with Crippen LogP contribution >= 0.6 is 0 Å². The van der Waals surface area contributed by atoms with E-state index in [1.165, 1.54) is 60.8 Å². The molecule has 0 spiro atoms. The summed E-state index contributed by atoms with van der Waals surface area (Å²) in [5, 5.41) is 0. The molecule has 8 atom stereocenters. The van der Waals surface area contributed by atoms with Crippen molar-refractivity contribution in [3.05, 3.63) is 127 Å². The number of hydrogen-bond donors (Lipinski definition) is 4. The van der Waals surface area contributed by atoms with E-state index in [9.17, 15) is 19.2 Å². The van der Waals surface area contributed by atoms with Crippen LogP contribution in [0.5, 0.6) is 0 Å². The lowest BCUT2D eigenvalue weighted by molar-refractivity contribution is 0.00771. The highest BCUT2D eigenvalue weighted by atomic mass is 28.6. The third-order valence-corrected chi connectivity index (χ3v) is 48.6. The first-order chi connectivity index (χ1) is 26.8. The van der Waals surface area contributed by atoms with Crippen LogP contribution in [0.1, 0.15) is 0 Å². The van der Waals surface area contributed by atoms with Crippen LogP contribution in [0, 0.1) is 0 Å². The van der Waals surface area contributed by atoms with Crippen LogP contribution in [0.15, 0.2) is 127 Å². The quantitative estimate of drug-likeness (QED) is 0.0983. The molecule has 27 heteroatoms. The molecule has 0 saturated carbocycles. The van der Waals surface area contributed by atoms with Gasteiger partial charge in [-0.3, -0.25) is 0 Å². The van der Waals surface area contributed by atoms with Crippen molar-refractivity contribution < 1.29 is 72.7 Å². The van der Waals surface area contributed by atoms with Gasteiger partial charge in [0.25, 0.3) is 0 Å². The van der Waals surface area contributed by atoms with Gasteiger partial charge in [0.05, 0.1) is 0 Å². The fraction of sp³-hybridized carbons (Fsp3) is 0.333. The third-order valence-electron chi connectivity index (χ3n) is 8.05. The Labute approximate surface area is 346 Å². The molecule has 0 radical (unpaired) electrons. The van der Waals surface area contributed by atoms with Crippen LogP contribution < -0.4 is 0 Å². The summed E-state index contributed by atoms with van der Waals surface area (Å²) in [5.41, 5.74) is 0. The highest BCUT2D eigenvalue weighted by Gasteiger charge is 2.78. The van der Waals surface area contributed by atoms with E-state index >= 15 is 0 Å². The second-order valence-electron chi connectivity index (χ2n) is 13.2. The summed E-state index contributed by atoms with van der Waals surface area (Å²) >= 11 is 0. The summed E-state index contributed by atoms with van der Waals surface area (Å²) < 4.78 is 88.4. The van der Waals surface area contributed by atoms with Gasteiger partial charge in [0.2, 0.25) is 0 Å². The molecular weight excluding hydrogens is 913 g/mol. The Bertz CT molecular complexity index is 1400. The largest absolute Gasteiger partial charge is 0.487 e. The number of rotatable bonds is 20. The van der Waals surface area contributed by atoms with Crippen molar-refractivity contribution in [2.75, 3.05) is 0 Å². The molecular formula is C30H54O17Si10. The summed E-state index contributed by atoms with van der Waals surface area (Å²) in [6.45, 7) is 38.6. The predicted molar refractivity (Wildman–Crippen MR) is 231 cm³/mol. The Hall–Kier alpha value is -1.11. The molecule has 4 fully saturated rings. The van der Waals surface area contributed by atoms with E-state index in [-0.39, 0.29) is 60.4 Å². The Morgan fingerprint density at radius 1 is 0.228 bits per heavy atom. The zero-order chi connectivity index (χ0) is 42.3. The Morgan fingerprint density at radius 2 is 0.368 bits per heavy atom. The molecule has 0 aromatic heterocycles. The molecule has 0 aromatic rings. The lowest BCUT2D eigenvalue weighted by Crippen LogP contribution is -2.83. The van der Waals surface area contributed by atoms with Crippen molar-refractivity contribution in [2.24, 2.45) is 0 Å². The molecule has 57 heavy (non-hydrogen) atoms. The number of allylic oxidation sites excluding steroid dienone is 10. The van der Waals surface area contributed by atoms with E-state index < -0.39 is 88.0 Å². The van der Waals surface area contributed by atoms with Crippen molar-refractivity contribution >= 4 is 88.0 Å². The first-order valence-corrected chi connectivity index (χ1v) is 37.4. The van der Waals surface area contributed by atoms with Gasteiger partial charge in [0.1, 0.15) is 0 Å². The Kier molecular flexibility index (Phi) is 16.1. The molecule has 4 aliphatic heterocycles. The van der Waals surface area contributed by atoms with Gasteiger partial charge in [-0.05, 0) is 0 Å². The van der Waals surface area contributed by atoms with E-state index in [1.807, 2.05) is 0 Å². The van der Waals surface area contributed by atoms with Gasteiger partial charge in [-0.25, -0.2) is 0 Å². The van der Waals surface area contributed by atoms with Gasteiger partial charge in [-0.2, -0.15) is 0 Å². The second kappa shape index (κ2) is 18.9.